The summed E-state index contributed by atoms with van der Waals surface area (Å²) in [6.45, 7) is 6.71. The zero-order chi connectivity index (χ0) is 13.1. The number of hydrogen-bond donors (Lipinski definition) is 1. The van der Waals surface area contributed by atoms with Crippen molar-refractivity contribution in [3.8, 4) is 0 Å². The average Bonchev–Trinajstić information content (AvgIpc) is 2.95. The van der Waals surface area contributed by atoms with Gasteiger partial charge in [0.15, 0.2) is 0 Å². The summed E-state index contributed by atoms with van der Waals surface area (Å²) in [5, 5.41) is 7.98. The van der Waals surface area contributed by atoms with E-state index in [0.717, 1.165) is 4.34 Å². The minimum atomic E-state index is 0.322. The van der Waals surface area contributed by atoms with Crippen LogP contribution in [0, 0.1) is 5.92 Å². The molecule has 2 aromatic rings. The summed E-state index contributed by atoms with van der Waals surface area (Å²) in [7, 11) is 0. The first kappa shape index (κ1) is 14.1. The van der Waals surface area contributed by atoms with E-state index in [0.29, 0.717) is 18.0 Å². The Bertz CT molecular complexity index is 476. The van der Waals surface area contributed by atoms with Crippen LogP contribution in [0.2, 0.25) is 4.34 Å². The van der Waals surface area contributed by atoms with Crippen LogP contribution >= 0.6 is 34.3 Å². The minimum absolute atomic E-state index is 0.322. The zero-order valence-corrected chi connectivity index (χ0v) is 13.2. The highest BCUT2D eigenvalue weighted by Crippen LogP contribution is 2.31. The van der Waals surface area contributed by atoms with Crippen molar-refractivity contribution in [1.29, 1.82) is 0 Å². The lowest BCUT2D eigenvalue weighted by molar-refractivity contribution is 0.380. The van der Waals surface area contributed by atoms with Gasteiger partial charge in [-0.15, -0.1) is 22.7 Å². The Morgan fingerprint density at radius 1 is 1.22 bits per heavy atom. The van der Waals surface area contributed by atoms with E-state index in [-0.39, 0.29) is 0 Å². The van der Waals surface area contributed by atoms with E-state index in [1.807, 2.05) is 11.3 Å². The van der Waals surface area contributed by atoms with Gasteiger partial charge < -0.3 is 5.32 Å². The molecule has 0 aromatic carbocycles. The van der Waals surface area contributed by atoms with E-state index in [2.05, 4.69) is 55.0 Å². The summed E-state index contributed by atoms with van der Waals surface area (Å²) < 4.78 is 0.857. The Balaban J connectivity index is 2.10. The third-order valence-corrected chi connectivity index (χ3v) is 5.10. The van der Waals surface area contributed by atoms with Gasteiger partial charge in [0.25, 0.3) is 0 Å². The lowest BCUT2D eigenvalue weighted by Crippen LogP contribution is -2.27. The molecule has 0 spiro atoms. The van der Waals surface area contributed by atoms with Crippen molar-refractivity contribution in [2.75, 3.05) is 0 Å². The molecule has 0 saturated carbocycles. The van der Waals surface area contributed by atoms with Gasteiger partial charge in [-0.25, -0.2) is 0 Å². The summed E-state index contributed by atoms with van der Waals surface area (Å²) in [5.41, 5.74) is 1.27. The van der Waals surface area contributed by atoms with E-state index in [9.17, 15) is 0 Å². The SMILES string of the molecule is CC(NC(c1cccs1)C(C)C)c1csc(Cl)c1. The van der Waals surface area contributed by atoms with Gasteiger partial charge in [-0.3, -0.25) is 0 Å². The molecule has 4 heteroatoms. The van der Waals surface area contributed by atoms with Crippen LogP contribution in [0.15, 0.2) is 29.0 Å². The molecule has 0 amide bonds. The fourth-order valence-corrected chi connectivity index (χ4v) is 3.93. The summed E-state index contributed by atoms with van der Waals surface area (Å²) >= 11 is 9.41. The molecule has 0 aliphatic rings. The van der Waals surface area contributed by atoms with Crippen LogP contribution in [-0.4, -0.2) is 0 Å². The Morgan fingerprint density at radius 2 is 2.00 bits per heavy atom. The Kier molecular flexibility index (Phi) is 4.84. The monoisotopic (exact) mass is 299 g/mol. The maximum atomic E-state index is 6.00. The van der Waals surface area contributed by atoms with Crippen LogP contribution in [0.5, 0.6) is 0 Å². The smallest absolute Gasteiger partial charge is 0.0931 e. The van der Waals surface area contributed by atoms with Gasteiger partial charge in [0.1, 0.15) is 0 Å². The number of hydrogen-bond acceptors (Lipinski definition) is 3. The maximum absolute atomic E-state index is 6.00. The van der Waals surface area contributed by atoms with Gasteiger partial charge in [-0.05, 0) is 41.3 Å². The lowest BCUT2D eigenvalue weighted by atomic mass is 10.0. The van der Waals surface area contributed by atoms with Crippen molar-refractivity contribution >= 4 is 34.3 Å². The van der Waals surface area contributed by atoms with Crippen LogP contribution in [-0.2, 0) is 0 Å². The largest absolute Gasteiger partial charge is 0.302 e. The van der Waals surface area contributed by atoms with Gasteiger partial charge in [0, 0.05) is 17.0 Å². The molecule has 98 valence electrons. The van der Waals surface area contributed by atoms with Gasteiger partial charge >= 0.3 is 0 Å². The van der Waals surface area contributed by atoms with Gasteiger partial charge in [-0.1, -0.05) is 31.5 Å². The van der Waals surface area contributed by atoms with Crippen molar-refractivity contribution in [3.05, 3.63) is 43.7 Å². The molecule has 1 N–H and O–H groups in total. The Hall–Kier alpha value is -0.350. The molecule has 2 rings (SSSR count). The Morgan fingerprint density at radius 3 is 2.50 bits per heavy atom. The highest BCUT2D eigenvalue weighted by Gasteiger charge is 2.20. The van der Waals surface area contributed by atoms with Crippen LogP contribution in [0.3, 0.4) is 0 Å². The minimum Gasteiger partial charge on any atom is -0.302 e. The van der Waals surface area contributed by atoms with E-state index in [1.54, 1.807) is 11.3 Å². The molecule has 2 unspecified atom stereocenters. The first-order valence-corrected chi connectivity index (χ1v) is 8.25. The number of rotatable bonds is 5. The molecule has 0 radical (unpaired) electrons. The maximum Gasteiger partial charge on any atom is 0.0931 e. The number of halogens is 1. The summed E-state index contributed by atoms with van der Waals surface area (Å²) in [4.78, 5) is 1.40. The van der Waals surface area contributed by atoms with Crippen LogP contribution in [0.25, 0.3) is 0 Å². The second-order valence-corrected chi connectivity index (χ2v) is 7.33. The van der Waals surface area contributed by atoms with Crippen molar-refractivity contribution in [2.24, 2.45) is 5.92 Å². The molecule has 18 heavy (non-hydrogen) atoms. The fraction of sp³-hybridized carbons (Fsp3) is 0.429. The molecule has 1 nitrogen and oxygen atoms in total. The van der Waals surface area contributed by atoms with Crippen molar-refractivity contribution in [2.45, 2.75) is 32.9 Å². The molecule has 2 aromatic heterocycles. The van der Waals surface area contributed by atoms with Gasteiger partial charge in [-0.2, -0.15) is 0 Å². The standard InChI is InChI=1S/C14H18ClNS2/c1-9(2)14(12-5-4-6-17-12)16-10(3)11-7-13(15)18-8-11/h4-10,14,16H,1-3H3. The second kappa shape index (κ2) is 6.20. The molecule has 0 aliphatic carbocycles. The summed E-state index contributed by atoms with van der Waals surface area (Å²) in [6, 6.07) is 7.09. The van der Waals surface area contributed by atoms with Crippen molar-refractivity contribution < 1.29 is 0 Å². The third kappa shape index (κ3) is 3.35. The molecule has 0 bridgehead atoms. The van der Waals surface area contributed by atoms with E-state index < -0.39 is 0 Å². The van der Waals surface area contributed by atoms with Crippen LogP contribution < -0.4 is 5.32 Å². The summed E-state index contributed by atoms with van der Waals surface area (Å²) in [6.07, 6.45) is 0. The fourth-order valence-electron chi connectivity index (χ4n) is 1.99. The summed E-state index contributed by atoms with van der Waals surface area (Å²) in [5.74, 6) is 0.570. The predicted octanol–water partition coefficient (Wildman–Crippen LogP) is 5.51. The normalized spacial score (nSPS) is 14.9. The van der Waals surface area contributed by atoms with Crippen molar-refractivity contribution in [1.82, 2.24) is 5.32 Å². The second-order valence-electron chi connectivity index (χ2n) is 4.81. The molecule has 0 fully saturated rings. The first-order valence-electron chi connectivity index (χ1n) is 6.11. The highest BCUT2D eigenvalue weighted by atomic mass is 35.5. The first-order chi connectivity index (χ1) is 8.58. The zero-order valence-electron chi connectivity index (χ0n) is 10.8. The average molecular weight is 300 g/mol. The van der Waals surface area contributed by atoms with Crippen LogP contribution in [0.1, 0.15) is 43.3 Å². The molecular formula is C14H18ClNS2. The molecule has 2 atom stereocenters. The predicted molar refractivity (Wildman–Crippen MR) is 82.8 cm³/mol. The van der Waals surface area contributed by atoms with Gasteiger partial charge in [0.05, 0.1) is 4.34 Å². The molecule has 0 saturated heterocycles. The molecule has 0 aliphatic heterocycles. The topological polar surface area (TPSA) is 12.0 Å². The quantitative estimate of drug-likeness (QED) is 0.767. The highest BCUT2D eigenvalue weighted by molar-refractivity contribution is 7.14. The molecule has 2 heterocycles. The third-order valence-electron chi connectivity index (χ3n) is 3.03. The van der Waals surface area contributed by atoms with E-state index in [1.165, 1.54) is 10.4 Å². The number of nitrogens with one attached hydrogen (secondary N) is 1. The Labute approximate surface area is 122 Å². The van der Waals surface area contributed by atoms with Crippen molar-refractivity contribution in [3.63, 3.8) is 0 Å². The lowest BCUT2D eigenvalue weighted by Gasteiger charge is -2.25. The van der Waals surface area contributed by atoms with E-state index in [4.69, 9.17) is 11.6 Å². The van der Waals surface area contributed by atoms with Crippen LogP contribution in [0.4, 0.5) is 0 Å². The van der Waals surface area contributed by atoms with Gasteiger partial charge in [0.2, 0.25) is 0 Å². The molecular weight excluding hydrogens is 282 g/mol. The van der Waals surface area contributed by atoms with E-state index >= 15 is 0 Å². The number of thiophene rings is 2.